The number of hydrogen-bond acceptors (Lipinski definition) is 6. The highest BCUT2D eigenvalue weighted by Gasteiger charge is 2.24. The van der Waals surface area contributed by atoms with E-state index in [4.69, 9.17) is 9.47 Å². The predicted molar refractivity (Wildman–Crippen MR) is 103 cm³/mol. The van der Waals surface area contributed by atoms with Gasteiger partial charge in [0.15, 0.2) is 0 Å². The van der Waals surface area contributed by atoms with E-state index in [1.807, 2.05) is 13.8 Å². The standard InChI is InChI=1S/C21H24O7/c1-4-6-12-8-14(22)10-16(23)18(12)21(26)28-17-11-15(27-3)9-13(7-5-2)19(17)20(24)25/h8-11,22-23H,4-7H2,1-3H3,(H,24,25). The zero-order valence-corrected chi connectivity index (χ0v) is 16.1. The zero-order valence-electron chi connectivity index (χ0n) is 16.1. The van der Waals surface area contributed by atoms with Crippen molar-refractivity contribution in [3.8, 4) is 23.0 Å². The van der Waals surface area contributed by atoms with Crippen molar-refractivity contribution in [2.75, 3.05) is 7.11 Å². The number of benzene rings is 2. The van der Waals surface area contributed by atoms with E-state index in [0.717, 1.165) is 6.07 Å². The molecular weight excluding hydrogens is 364 g/mol. The molecule has 150 valence electrons. The van der Waals surface area contributed by atoms with Crippen LogP contribution >= 0.6 is 0 Å². The molecule has 0 atom stereocenters. The summed E-state index contributed by atoms with van der Waals surface area (Å²) >= 11 is 0. The van der Waals surface area contributed by atoms with Gasteiger partial charge in [-0.3, -0.25) is 0 Å². The molecule has 0 bridgehead atoms. The summed E-state index contributed by atoms with van der Waals surface area (Å²) in [7, 11) is 1.43. The molecule has 28 heavy (non-hydrogen) atoms. The molecule has 0 aliphatic rings. The second kappa shape index (κ2) is 9.12. The Morgan fingerprint density at radius 2 is 1.54 bits per heavy atom. The fourth-order valence-electron chi connectivity index (χ4n) is 3.07. The van der Waals surface area contributed by atoms with Crippen LogP contribution in [0.25, 0.3) is 0 Å². The van der Waals surface area contributed by atoms with E-state index in [9.17, 15) is 24.9 Å². The summed E-state index contributed by atoms with van der Waals surface area (Å²) in [5.74, 6) is -2.52. The first-order chi connectivity index (χ1) is 13.3. The average molecular weight is 388 g/mol. The molecule has 0 aliphatic heterocycles. The smallest absolute Gasteiger partial charge is 0.347 e. The number of carboxylic acids is 1. The molecule has 0 fully saturated rings. The molecule has 0 saturated carbocycles. The van der Waals surface area contributed by atoms with E-state index in [-0.39, 0.29) is 22.6 Å². The Morgan fingerprint density at radius 1 is 0.929 bits per heavy atom. The Labute approximate surface area is 163 Å². The minimum absolute atomic E-state index is 0.101. The van der Waals surface area contributed by atoms with Gasteiger partial charge in [-0.2, -0.15) is 0 Å². The molecule has 0 aromatic heterocycles. The van der Waals surface area contributed by atoms with Gasteiger partial charge in [0.2, 0.25) is 0 Å². The van der Waals surface area contributed by atoms with Crippen LogP contribution in [-0.2, 0) is 12.8 Å². The minimum atomic E-state index is -1.22. The van der Waals surface area contributed by atoms with Gasteiger partial charge in [0.05, 0.1) is 7.11 Å². The monoisotopic (exact) mass is 388 g/mol. The van der Waals surface area contributed by atoms with Crippen LogP contribution in [0.3, 0.4) is 0 Å². The number of hydrogen-bond donors (Lipinski definition) is 3. The normalized spacial score (nSPS) is 10.5. The number of aromatic hydroxyl groups is 2. The number of methoxy groups -OCH3 is 1. The van der Waals surface area contributed by atoms with E-state index >= 15 is 0 Å². The Hall–Kier alpha value is -3.22. The van der Waals surface area contributed by atoms with Crippen molar-refractivity contribution in [3.63, 3.8) is 0 Å². The summed E-state index contributed by atoms with van der Waals surface area (Å²) in [6, 6.07) is 5.36. The van der Waals surface area contributed by atoms with Gasteiger partial charge in [-0.05, 0) is 36.1 Å². The maximum absolute atomic E-state index is 12.8. The quantitative estimate of drug-likeness (QED) is 0.464. The van der Waals surface area contributed by atoms with E-state index in [0.29, 0.717) is 42.6 Å². The van der Waals surface area contributed by atoms with E-state index in [1.165, 1.54) is 19.2 Å². The summed E-state index contributed by atoms with van der Waals surface area (Å²) in [5.41, 5.74) is 0.682. The number of aryl methyl sites for hydroxylation is 2. The van der Waals surface area contributed by atoms with Crippen LogP contribution in [0.4, 0.5) is 0 Å². The average Bonchev–Trinajstić information content (AvgIpc) is 2.60. The van der Waals surface area contributed by atoms with Crippen LogP contribution < -0.4 is 9.47 Å². The van der Waals surface area contributed by atoms with Crippen LogP contribution in [0.5, 0.6) is 23.0 Å². The number of ether oxygens (including phenoxy) is 2. The number of carbonyl (C=O) groups is 2. The topological polar surface area (TPSA) is 113 Å². The van der Waals surface area contributed by atoms with E-state index in [2.05, 4.69) is 0 Å². The molecule has 3 N–H and O–H groups in total. The lowest BCUT2D eigenvalue weighted by Crippen LogP contribution is -2.15. The molecule has 0 radical (unpaired) electrons. The second-order valence-corrected chi connectivity index (χ2v) is 6.35. The number of rotatable bonds is 8. The highest BCUT2D eigenvalue weighted by Crippen LogP contribution is 2.33. The maximum atomic E-state index is 12.8. The van der Waals surface area contributed by atoms with Crippen molar-refractivity contribution in [1.29, 1.82) is 0 Å². The third-order valence-corrected chi connectivity index (χ3v) is 4.24. The minimum Gasteiger partial charge on any atom is -0.508 e. The van der Waals surface area contributed by atoms with Gasteiger partial charge in [0.1, 0.15) is 34.1 Å². The molecular formula is C21H24O7. The third kappa shape index (κ3) is 4.54. The highest BCUT2D eigenvalue weighted by molar-refractivity contribution is 5.99. The summed E-state index contributed by atoms with van der Waals surface area (Å²) in [6.45, 7) is 3.79. The number of carboxylic acid groups (broad SMARTS) is 1. The molecule has 0 spiro atoms. The van der Waals surface area contributed by atoms with Gasteiger partial charge < -0.3 is 24.8 Å². The molecule has 7 nitrogen and oxygen atoms in total. The fraction of sp³-hybridized carbons (Fsp3) is 0.333. The zero-order chi connectivity index (χ0) is 20.8. The molecule has 2 aromatic rings. The van der Waals surface area contributed by atoms with Crippen molar-refractivity contribution >= 4 is 11.9 Å². The summed E-state index contributed by atoms with van der Waals surface area (Å²) in [5, 5.41) is 29.5. The van der Waals surface area contributed by atoms with Crippen molar-refractivity contribution in [3.05, 3.63) is 46.5 Å². The molecule has 2 rings (SSSR count). The van der Waals surface area contributed by atoms with Crippen molar-refractivity contribution < 1.29 is 34.4 Å². The van der Waals surface area contributed by atoms with Crippen LogP contribution in [0, 0.1) is 0 Å². The number of aromatic carboxylic acids is 1. The highest BCUT2D eigenvalue weighted by atomic mass is 16.5. The lowest BCUT2D eigenvalue weighted by Gasteiger charge is -2.15. The lowest BCUT2D eigenvalue weighted by atomic mass is 10.0. The number of esters is 1. The molecule has 0 amide bonds. The first kappa shape index (κ1) is 21.1. The fourth-order valence-corrected chi connectivity index (χ4v) is 3.07. The molecule has 2 aromatic carbocycles. The second-order valence-electron chi connectivity index (χ2n) is 6.35. The maximum Gasteiger partial charge on any atom is 0.347 e. The van der Waals surface area contributed by atoms with Crippen LogP contribution in [0.2, 0.25) is 0 Å². The molecule has 0 heterocycles. The predicted octanol–water partition coefficient (Wildman–Crippen LogP) is 3.93. The van der Waals surface area contributed by atoms with Crippen molar-refractivity contribution in [2.24, 2.45) is 0 Å². The van der Waals surface area contributed by atoms with E-state index < -0.39 is 17.7 Å². The summed E-state index contributed by atoms with van der Waals surface area (Å²) < 4.78 is 10.6. The van der Waals surface area contributed by atoms with Crippen molar-refractivity contribution in [2.45, 2.75) is 39.5 Å². The first-order valence-corrected chi connectivity index (χ1v) is 9.03. The largest absolute Gasteiger partial charge is 0.508 e. The van der Waals surface area contributed by atoms with Gasteiger partial charge in [-0.15, -0.1) is 0 Å². The Bertz CT molecular complexity index is 887. The van der Waals surface area contributed by atoms with Gasteiger partial charge in [-0.1, -0.05) is 26.7 Å². The first-order valence-electron chi connectivity index (χ1n) is 9.03. The third-order valence-electron chi connectivity index (χ3n) is 4.24. The van der Waals surface area contributed by atoms with Crippen molar-refractivity contribution in [1.82, 2.24) is 0 Å². The summed E-state index contributed by atoms with van der Waals surface area (Å²) in [6.07, 6.45) is 2.26. The van der Waals surface area contributed by atoms with Crippen LogP contribution in [0.1, 0.15) is 58.5 Å². The van der Waals surface area contributed by atoms with E-state index in [1.54, 1.807) is 6.07 Å². The molecule has 7 heteroatoms. The molecule has 0 saturated heterocycles. The Kier molecular flexibility index (Phi) is 6.87. The lowest BCUT2D eigenvalue weighted by molar-refractivity contribution is 0.0679. The summed E-state index contributed by atoms with van der Waals surface area (Å²) in [4.78, 5) is 24.6. The molecule has 0 aliphatic carbocycles. The Balaban J connectivity index is 2.55. The Morgan fingerprint density at radius 3 is 2.07 bits per heavy atom. The van der Waals surface area contributed by atoms with Gasteiger partial charge >= 0.3 is 11.9 Å². The van der Waals surface area contributed by atoms with Crippen LogP contribution in [0.15, 0.2) is 24.3 Å². The number of carbonyl (C=O) groups excluding carboxylic acids is 1. The SMILES string of the molecule is CCCc1cc(O)cc(O)c1C(=O)Oc1cc(OC)cc(CCC)c1C(=O)O. The van der Waals surface area contributed by atoms with Gasteiger partial charge in [-0.25, -0.2) is 9.59 Å². The number of phenols is 2. The molecule has 0 unspecified atom stereocenters. The number of phenolic OH excluding ortho intramolecular Hbond substituents is 2. The van der Waals surface area contributed by atoms with Gasteiger partial charge in [0.25, 0.3) is 0 Å². The van der Waals surface area contributed by atoms with Gasteiger partial charge in [0, 0.05) is 12.1 Å². The van der Waals surface area contributed by atoms with Crippen LogP contribution in [-0.4, -0.2) is 34.4 Å².